The Morgan fingerprint density at radius 1 is 0.842 bits per heavy atom. The second kappa shape index (κ2) is 9.76. The summed E-state index contributed by atoms with van der Waals surface area (Å²) in [5.74, 6) is -3.96. The zero-order valence-corrected chi connectivity index (χ0v) is 22.6. The van der Waals surface area contributed by atoms with E-state index in [1.807, 2.05) is 74.5 Å². The Kier molecular flexibility index (Phi) is 6.75. The van der Waals surface area contributed by atoms with Gasteiger partial charge in [0.2, 0.25) is 5.91 Å². The van der Waals surface area contributed by atoms with Gasteiger partial charge in [-0.3, -0.25) is 14.4 Å². The maximum atomic E-state index is 13.8. The minimum absolute atomic E-state index is 0.136. The van der Waals surface area contributed by atoms with Crippen LogP contribution in [0.2, 0.25) is 0 Å². The van der Waals surface area contributed by atoms with E-state index in [1.54, 1.807) is 13.8 Å². The number of rotatable bonds is 8. The van der Waals surface area contributed by atoms with E-state index in [-0.39, 0.29) is 13.2 Å². The topological polar surface area (TPSA) is 99.2 Å². The molecule has 1 saturated carbocycles. The van der Waals surface area contributed by atoms with Crippen LogP contribution in [0.1, 0.15) is 44.9 Å². The zero-order chi connectivity index (χ0) is 27.2. The lowest BCUT2D eigenvalue weighted by atomic mass is 9.85. The number of hydrogen-bond donors (Lipinski definition) is 0. The number of β-lactam (4-membered cyclic amide) rings is 1. The van der Waals surface area contributed by atoms with Crippen LogP contribution in [0.4, 0.5) is 0 Å². The fourth-order valence-electron chi connectivity index (χ4n) is 5.96. The number of hydrogen-bond acceptors (Lipinski definition) is 8. The van der Waals surface area contributed by atoms with Gasteiger partial charge in [0.15, 0.2) is 6.10 Å². The number of thioether (sulfide) groups is 1. The van der Waals surface area contributed by atoms with Gasteiger partial charge in [0.05, 0.1) is 30.4 Å². The summed E-state index contributed by atoms with van der Waals surface area (Å²) in [7, 11) is 0. The van der Waals surface area contributed by atoms with E-state index in [0.717, 1.165) is 11.1 Å². The molecular formula is C29H31NO7S. The first-order valence-corrected chi connectivity index (χ1v) is 13.7. The van der Waals surface area contributed by atoms with Gasteiger partial charge in [0, 0.05) is 4.75 Å². The Morgan fingerprint density at radius 2 is 1.32 bits per heavy atom. The van der Waals surface area contributed by atoms with E-state index in [1.165, 1.54) is 16.7 Å². The highest BCUT2D eigenvalue weighted by Gasteiger charge is 2.90. The summed E-state index contributed by atoms with van der Waals surface area (Å²) >= 11 is 1.41. The van der Waals surface area contributed by atoms with Crippen LogP contribution in [0.5, 0.6) is 0 Å². The second-order valence-electron chi connectivity index (χ2n) is 10.2. The predicted molar refractivity (Wildman–Crippen MR) is 140 cm³/mol. The number of ether oxygens (including phenoxy) is 3. The lowest BCUT2D eigenvalue weighted by Gasteiger charge is -2.45. The highest BCUT2D eigenvalue weighted by Crippen LogP contribution is 2.75. The van der Waals surface area contributed by atoms with Gasteiger partial charge in [-0.1, -0.05) is 60.7 Å². The van der Waals surface area contributed by atoms with Crippen LogP contribution in [0, 0.1) is 17.3 Å². The van der Waals surface area contributed by atoms with Gasteiger partial charge in [-0.05, 0) is 38.8 Å². The van der Waals surface area contributed by atoms with Crippen molar-refractivity contribution in [2.45, 2.75) is 50.0 Å². The maximum absolute atomic E-state index is 13.8. The standard InChI is InChI=1S/C29H31NO7S/c1-5-35-23(31)19-20(24(32)36-6-2)29(19)26(34)30-22(28(3,4)38-27(29)30)25(33)37-21(17-13-9-7-10-14-17)18-15-11-8-12-16-18/h7-16,19-22,27H,5-6H2,1-4H3/t19-,20+,22-,27+,29?/m0/s1. The quantitative estimate of drug-likeness (QED) is 0.285. The number of esters is 3. The van der Waals surface area contributed by atoms with Gasteiger partial charge in [0.25, 0.3) is 0 Å². The van der Waals surface area contributed by atoms with E-state index in [2.05, 4.69) is 0 Å². The van der Waals surface area contributed by atoms with Crippen molar-refractivity contribution in [3.8, 4) is 0 Å². The van der Waals surface area contributed by atoms with Crippen LogP contribution >= 0.6 is 11.8 Å². The normalized spacial score (nSPS) is 28.4. The minimum atomic E-state index is -1.26. The number of benzene rings is 2. The molecule has 3 fully saturated rings. The van der Waals surface area contributed by atoms with Gasteiger partial charge in [0.1, 0.15) is 11.5 Å². The SMILES string of the molecule is CCOC(=O)[C@@H]1[C@H](C(=O)OCC)C12C(=O)N1[C@@H](C(=O)OC(c3ccccc3)c3ccccc3)C(C)(C)S[C@@H]12. The molecule has 0 N–H and O–H groups in total. The molecule has 5 atom stereocenters. The predicted octanol–water partition coefficient (Wildman–Crippen LogP) is 3.74. The summed E-state index contributed by atoms with van der Waals surface area (Å²) < 4.78 is 15.8. The van der Waals surface area contributed by atoms with Gasteiger partial charge in [-0.2, -0.15) is 0 Å². The highest BCUT2D eigenvalue weighted by atomic mass is 32.2. The Morgan fingerprint density at radius 3 is 1.76 bits per heavy atom. The van der Waals surface area contributed by atoms with Crippen LogP contribution < -0.4 is 0 Å². The van der Waals surface area contributed by atoms with Crippen LogP contribution in [-0.2, 0) is 33.4 Å². The monoisotopic (exact) mass is 537 g/mol. The first-order chi connectivity index (χ1) is 18.2. The molecule has 2 heterocycles. The van der Waals surface area contributed by atoms with Crippen molar-refractivity contribution in [3.63, 3.8) is 0 Å². The van der Waals surface area contributed by atoms with Crippen molar-refractivity contribution >= 4 is 35.6 Å². The average Bonchev–Trinajstić information content (AvgIpc) is 3.57. The average molecular weight is 538 g/mol. The Hall–Kier alpha value is -3.33. The summed E-state index contributed by atoms with van der Waals surface area (Å²) in [6.45, 7) is 7.39. The van der Waals surface area contributed by atoms with Gasteiger partial charge < -0.3 is 19.1 Å². The molecule has 2 aromatic carbocycles. The van der Waals surface area contributed by atoms with Crippen LogP contribution in [0.3, 0.4) is 0 Å². The summed E-state index contributed by atoms with van der Waals surface area (Å²) in [6, 6.07) is 18.0. The van der Waals surface area contributed by atoms with Crippen molar-refractivity contribution in [1.82, 2.24) is 4.90 Å². The first-order valence-electron chi connectivity index (χ1n) is 12.8. The number of fused-ring (bicyclic) bond motifs is 2. The molecule has 3 aliphatic rings. The zero-order valence-electron chi connectivity index (χ0n) is 21.8. The molecule has 1 amide bonds. The molecule has 200 valence electrons. The van der Waals surface area contributed by atoms with Gasteiger partial charge in [-0.15, -0.1) is 11.8 Å². The fourth-order valence-corrected chi connectivity index (χ4v) is 7.80. The smallest absolute Gasteiger partial charge is 0.331 e. The minimum Gasteiger partial charge on any atom is -0.466 e. The molecule has 9 heteroatoms. The Labute approximate surface area is 226 Å². The van der Waals surface area contributed by atoms with Crippen molar-refractivity contribution in [1.29, 1.82) is 0 Å². The number of amides is 1. The Balaban J connectivity index is 1.44. The van der Waals surface area contributed by atoms with Crippen molar-refractivity contribution in [2.24, 2.45) is 17.3 Å². The van der Waals surface area contributed by atoms with Crippen molar-refractivity contribution in [2.75, 3.05) is 13.2 Å². The molecule has 0 aromatic heterocycles. The molecule has 8 nitrogen and oxygen atoms in total. The third-order valence-corrected chi connectivity index (χ3v) is 9.29. The summed E-state index contributed by atoms with van der Waals surface area (Å²) in [5, 5.41) is -0.543. The van der Waals surface area contributed by atoms with E-state index < -0.39 is 63.3 Å². The molecule has 2 aromatic rings. The van der Waals surface area contributed by atoms with Crippen LogP contribution in [0.25, 0.3) is 0 Å². The summed E-state index contributed by atoms with van der Waals surface area (Å²) in [4.78, 5) is 54.7. The highest BCUT2D eigenvalue weighted by molar-refractivity contribution is 8.01. The molecule has 2 saturated heterocycles. The third kappa shape index (κ3) is 3.90. The molecule has 1 unspecified atom stereocenters. The molecule has 0 radical (unpaired) electrons. The lowest BCUT2D eigenvalue weighted by molar-refractivity contribution is -0.174. The summed E-state index contributed by atoms with van der Waals surface area (Å²) in [5.41, 5.74) is 0.365. The number of carbonyl (C=O) groups excluding carboxylic acids is 4. The van der Waals surface area contributed by atoms with Crippen LogP contribution in [0.15, 0.2) is 60.7 Å². The molecule has 2 aliphatic heterocycles. The molecular weight excluding hydrogens is 506 g/mol. The van der Waals surface area contributed by atoms with E-state index in [0.29, 0.717) is 0 Å². The van der Waals surface area contributed by atoms with E-state index in [9.17, 15) is 19.2 Å². The lowest BCUT2D eigenvalue weighted by Crippen LogP contribution is -2.66. The molecule has 38 heavy (non-hydrogen) atoms. The fraction of sp³-hybridized carbons (Fsp3) is 0.448. The molecule has 0 bridgehead atoms. The third-order valence-electron chi connectivity index (χ3n) is 7.61. The molecule has 1 spiro atoms. The number of nitrogens with zero attached hydrogens (tertiary/aromatic N) is 1. The number of carbonyl (C=O) groups is 4. The molecule has 1 aliphatic carbocycles. The van der Waals surface area contributed by atoms with Gasteiger partial charge >= 0.3 is 17.9 Å². The van der Waals surface area contributed by atoms with E-state index in [4.69, 9.17) is 14.2 Å². The molecule has 5 rings (SSSR count). The van der Waals surface area contributed by atoms with Crippen molar-refractivity contribution < 1.29 is 33.4 Å². The second-order valence-corrected chi connectivity index (χ2v) is 12.0. The van der Waals surface area contributed by atoms with Crippen molar-refractivity contribution in [3.05, 3.63) is 71.8 Å². The van der Waals surface area contributed by atoms with Crippen LogP contribution in [-0.4, -0.2) is 58.1 Å². The first kappa shape index (κ1) is 26.3. The Bertz CT molecular complexity index is 1180. The summed E-state index contributed by atoms with van der Waals surface area (Å²) in [6.07, 6.45) is -0.657. The maximum Gasteiger partial charge on any atom is 0.331 e. The van der Waals surface area contributed by atoms with E-state index >= 15 is 0 Å². The van der Waals surface area contributed by atoms with Gasteiger partial charge in [-0.25, -0.2) is 4.79 Å². The largest absolute Gasteiger partial charge is 0.466 e.